The van der Waals surface area contributed by atoms with Crippen LogP contribution >= 0.6 is 0 Å². The zero-order chi connectivity index (χ0) is 21.0. The van der Waals surface area contributed by atoms with Crippen molar-refractivity contribution < 1.29 is 4.79 Å². The summed E-state index contributed by atoms with van der Waals surface area (Å²) in [7, 11) is 0. The van der Waals surface area contributed by atoms with E-state index in [0.717, 1.165) is 56.1 Å². The number of rotatable bonds is 7. The maximum atomic E-state index is 12.8. The number of amides is 1. The molecule has 2 aromatic heterocycles. The van der Waals surface area contributed by atoms with Crippen LogP contribution in [-0.4, -0.2) is 49.9 Å². The quantitative estimate of drug-likeness (QED) is 0.743. The normalized spacial score (nSPS) is 28.5. The predicted molar refractivity (Wildman–Crippen MR) is 118 cm³/mol. The van der Waals surface area contributed by atoms with Gasteiger partial charge in [-0.2, -0.15) is 0 Å². The molecular weight excluding hydrogens is 388 g/mol. The number of pyridine rings is 1. The van der Waals surface area contributed by atoms with Gasteiger partial charge in [0.15, 0.2) is 0 Å². The Labute approximate surface area is 184 Å². The summed E-state index contributed by atoms with van der Waals surface area (Å²) in [5.41, 5.74) is 2.20. The van der Waals surface area contributed by atoms with Gasteiger partial charge < -0.3 is 5.32 Å². The van der Waals surface area contributed by atoms with Gasteiger partial charge in [-0.1, -0.05) is 43.4 Å². The second kappa shape index (κ2) is 9.47. The summed E-state index contributed by atoms with van der Waals surface area (Å²) in [6.45, 7) is 3.39. The summed E-state index contributed by atoms with van der Waals surface area (Å²) in [4.78, 5) is 19.5. The number of hydrogen-bond donors (Lipinski definition) is 1. The smallest absolute Gasteiger partial charge is 0.224 e. The minimum absolute atomic E-state index is 0.0966. The highest BCUT2D eigenvalue weighted by molar-refractivity contribution is 5.79. The molecule has 1 aliphatic carbocycles. The van der Waals surface area contributed by atoms with Crippen LogP contribution in [0.15, 0.2) is 30.7 Å². The Morgan fingerprint density at radius 2 is 2.10 bits per heavy atom. The fourth-order valence-corrected chi connectivity index (χ4v) is 5.87. The number of hydrogen-bond acceptors (Lipinski definition) is 5. The van der Waals surface area contributed by atoms with E-state index < -0.39 is 0 Å². The van der Waals surface area contributed by atoms with Gasteiger partial charge in [0.1, 0.15) is 0 Å². The standard InChI is InChI=1S/C24H34N6O/c31-24(26-14-19-7-4-9-25-13-19)23-17-29-10-8-20(23)12-22(29)16-30-15-21(27-28-30)11-18-5-2-1-3-6-18/h4,7,9,13,15,18,20,22-23H,1-3,5-6,8,10-12,14,16-17H2,(H,26,31). The Hall–Kier alpha value is -2.28. The summed E-state index contributed by atoms with van der Waals surface area (Å²) in [6, 6.07) is 4.37. The first-order valence-corrected chi connectivity index (χ1v) is 12.0. The monoisotopic (exact) mass is 422 g/mol. The molecule has 4 fully saturated rings. The molecule has 166 valence electrons. The summed E-state index contributed by atoms with van der Waals surface area (Å²) in [5, 5.41) is 12.0. The maximum absolute atomic E-state index is 12.8. The van der Waals surface area contributed by atoms with Gasteiger partial charge in [0.2, 0.25) is 5.91 Å². The van der Waals surface area contributed by atoms with Crippen molar-refractivity contribution in [2.24, 2.45) is 17.8 Å². The zero-order valence-corrected chi connectivity index (χ0v) is 18.3. The molecule has 5 heterocycles. The number of fused-ring (bicyclic) bond motifs is 3. The van der Waals surface area contributed by atoms with E-state index in [-0.39, 0.29) is 11.8 Å². The van der Waals surface area contributed by atoms with Crippen molar-refractivity contribution in [2.75, 3.05) is 13.1 Å². The highest BCUT2D eigenvalue weighted by Crippen LogP contribution is 2.37. The Kier molecular flexibility index (Phi) is 6.30. The number of nitrogens with zero attached hydrogens (tertiary/aromatic N) is 5. The summed E-state index contributed by atoms with van der Waals surface area (Å²) in [5.74, 6) is 1.54. The van der Waals surface area contributed by atoms with Crippen LogP contribution < -0.4 is 5.32 Å². The zero-order valence-electron chi connectivity index (χ0n) is 18.3. The first kappa shape index (κ1) is 20.6. The van der Waals surface area contributed by atoms with Gasteiger partial charge in [-0.25, -0.2) is 0 Å². The summed E-state index contributed by atoms with van der Waals surface area (Å²) >= 11 is 0. The highest BCUT2D eigenvalue weighted by atomic mass is 16.1. The fourth-order valence-electron chi connectivity index (χ4n) is 5.87. The molecule has 4 atom stereocenters. The third-order valence-corrected chi connectivity index (χ3v) is 7.61. The van der Waals surface area contributed by atoms with Crippen molar-refractivity contribution in [1.82, 2.24) is 30.2 Å². The molecule has 4 aliphatic rings. The van der Waals surface area contributed by atoms with Gasteiger partial charge in [0.05, 0.1) is 18.2 Å². The third-order valence-electron chi connectivity index (χ3n) is 7.61. The molecule has 4 unspecified atom stereocenters. The fraction of sp³-hybridized carbons (Fsp3) is 0.667. The summed E-state index contributed by atoms with van der Waals surface area (Å²) < 4.78 is 2.04. The Morgan fingerprint density at radius 3 is 2.87 bits per heavy atom. The van der Waals surface area contributed by atoms with Gasteiger partial charge in [-0.05, 0) is 49.3 Å². The van der Waals surface area contributed by atoms with Crippen LogP contribution in [0.25, 0.3) is 0 Å². The molecule has 31 heavy (non-hydrogen) atoms. The van der Waals surface area contributed by atoms with Crippen molar-refractivity contribution >= 4 is 5.91 Å². The average molecular weight is 423 g/mol. The van der Waals surface area contributed by atoms with Gasteiger partial charge >= 0.3 is 0 Å². The van der Waals surface area contributed by atoms with Crippen LogP contribution in [-0.2, 0) is 24.3 Å². The van der Waals surface area contributed by atoms with Crippen LogP contribution in [0.3, 0.4) is 0 Å². The number of carbonyl (C=O) groups is 1. The molecule has 0 radical (unpaired) electrons. The second-order valence-corrected chi connectivity index (χ2v) is 9.76. The summed E-state index contributed by atoms with van der Waals surface area (Å²) in [6.07, 6.45) is 15.8. The van der Waals surface area contributed by atoms with Crippen molar-refractivity contribution in [3.05, 3.63) is 42.0 Å². The van der Waals surface area contributed by atoms with Gasteiger partial charge in [-0.15, -0.1) is 5.10 Å². The third kappa shape index (κ3) is 4.97. The number of nitrogens with one attached hydrogen (secondary N) is 1. The van der Waals surface area contributed by atoms with Crippen molar-refractivity contribution in [3.8, 4) is 0 Å². The number of piperidine rings is 3. The minimum atomic E-state index is 0.0966. The molecule has 1 amide bonds. The predicted octanol–water partition coefficient (Wildman–Crippen LogP) is 2.82. The molecule has 2 bridgehead atoms. The van der Waals surface area contributed by atoms with E-state index in [1.54, 1.807) is 6.20 Å². The molecule has 7 heteroatoms. The first-order valence-electron chi connectivity index (χ1n) is 12.0. The van der Waals surface area contributed by atoms with E-state index in [4.69, 9.17) is 0 Å². The lowest BCUT2D eigenvalue weighted by Gasteiger charge is -2.49. The van der Waals surface area contributed by atoms with Crippen molar-refractivity contribution in [1.29, 1.82) is 0 Å². The Balaban J connectivity index is 1.13. The van der Waals surface area contributed by atoms with E-state index in [9.17, 15) is 4.79 Å². The van der Waals surface area contributed by atoms with E-state index in [2.05, 4.69) is 31.7 Å². The van der Waals surface area contributed by atoms with E-state index in [1.807, 2.05) is 23.0 Å². The molecule has 6 rings (SSSR count). The molecule has 1 N–H and O–H groups in total. The number of carbonyl (C=O) groups excluding carboxylic acids is 1. The Bertz CT molecular complexity index is 862. The van der Waals surface area contributed by atoms with Crippen LogP contribution in [0.2, 0.25) is 0 Å². The second-order valence-electron chi connectivity index (χ2n) is 9.76. The highest BCUT2D eigenvalue weighted by Gasteiger charge is 2.43. The minimum Gasteiger partial charge on any atom is -0.352 e. The molecule has 1 saturated carbocycles. The van der Waals surface area contributed by atoms with E-state index in [0.29, 0.717) is 18.5 Å². The van der Waals surface area contributed by atoms with Gasteiger partial charge in [-0.3, -0.25) is 19.4 Å². The molecule has 0 aromatic carbocycles. The van der Waals surface area contributed by atoms with Gasteiger partial charge in [0, 0.05) is 37.7 Å². The van der Waals surface area contributed by atoms with E-state index >= 15 is 0 Å². The molecule has 7 nitrogen and oxygen atoms in total. The topological polar surface area (TPSA) is 75.9 Å². The van der Waals surface area contributed by atoms with Crippen LogP contribution in [0, 0.1) is 17.8 Å². The molecule has 3 saturated heterocycles. The largest absolute Gasteiger partial charge is 0.352 e. The van der Waals surface area contributed by atoms with Crippen LogP contribution in [0.1, 0.15) is 56.2 Å². The lowest BCUT2D eigenvalue weighted by molar-refractivity contribution is -0.133. The number of aromatic nitrogens is 4. The van der Waals surface area contributed by atoms with Crippen LogP contribution in [0.5, 0.6) is 0 Å². The lowest BCUT2D eigenvalue weighted by Crippen LogP contribution is -2.58. The maximum Gasteiger partial charge on any atom is 0.224 e. The van der Waals surface area contributed by atoms with E-state index in [1.165, 1.54) is 32.1 Å². The molecule has 0 spiro atoms. The molecular formula is C24H34N6O. The first-order chi connectivity index (χ1) is 15.2. The molecule has 3 aliphatic heterocycles. The lowest BCUT2D eigenvalue weighted by atomic mass is 9.75. The van der Waals surface area contributed by atoms with Crippen LogP contribution in [0.4, 0.5) is 0 Å². The Morgan fingerprint density at radius 1 is 1.19 bits per heavy atom. The van der Waals surface area contributed by atoms with Gasteiger partial charge in [0.25, 0.3) is 0 Å². The average Bonchev–Trinajstić information content (AvgIpc) is 3.26. The SMILES string of the molecule is O=C(NCc1cccnc1)C1CN2CCC1CC2Cn1cc(CC2CCCCC2)nn1. The van der Waals surface area contributed by atoms with Crippen molar-refractivity contribution in [2.45, 2.75) is 70.5 Å². The molecule has 2 aromatic rings. The van der Waals surface area contributed by atoms with Crippen molar-refractivity contribution in [3.63, 3.8) is 0 Å².